The number of allylic oxidation sites excluding steroid dienone is 3. The van der Waals surface area contributed by atoms with Gasteiger partial charge in [-0.1, -0.05) is 55.9 Å². The van der Waals surface area contributed by atoms with Crippen LogP contribution in [0.5, 0.6) is 0 Å². The van der Waals surface area contributed by atoms with Crippen LogP contribution in [0, 0.1) is 40.9 Å². The summed E-state index contributed by atoms with van der Waals surface area (Å²) in [6.45, 7) is 21.1. The first-order valence-corrected chi connectivity index (χ1v) is 33.3. The second kappa shape index (κ2) is 28.6. The summed E-state index contributed by atoms with van der Waals surface area (Å²) >= 11 is 0. The number of aliphatic carboxylic acids is 1. The number of carbonyl (C=O) groups excluding carboxylic acids is 4. The first kappa shape index (κ1) is 72.0. The van der Waals surface area contributed by atoms with Crippen molar-refractivity contribution in [2.24, 2.45) is 40.9 Å². The standard InChI is InChI=1S/C67H98N2O25/c1-29-14-18-46(89-53-28-65(11,69(80)81)59(37(9)87-53)68-64(79)82-13)30(2)23-42-44(72)24-39(62(76)77)27-67(42)61(75)54(63(78)94-67)60(74)66(12)41(29)16-15-40-55(66)31(3)22-32(4)56(40)93-52-26-48(58(36(8)86-52)88-38(10)70)91-49-21-19-47(34(6)84-49)90-51-25-45(73)57(35(7)85-51)92-50-20-17-43(71)33(5)83-50/h14-16,23-24,31-37,40-53,55-59,71-74,80-81H,17-22,25-28H2,1-13H3,(H,68,79)(H,76,77)/b29-14+,30-23-,60-54?/t31-,32-,33?,34?,35?,36?,37?,40-,41-,42+,43?,44-,45?,46-,47?,48?,49?,50?,51?,52?,53?,55+,56-,57?,58?,59?,65?,66+,67-/m0/s1. The Morgan fingerprint density at radius 1 is 0.681 bits per heavy atom. The molecule has 6 saturated heterocycles. The van der Waals surface area contributed by atoms with E-state index in [0.29, 0.717) is 43.3 Å². The molecule has 0 aromatic carbocycles. The van der Waals surface area contributed by atoms with E-state index in [0.717, 1.165) is 6.08 Å². The number of ether oxygens (including phenoxy) is 13. The fraction of sp³-hybridized carbons (Fsp3) is 0.776. The van der Waals surface area contributed by atoms with E-state index in [9.17, 15) is 55.1 Å². The normalized spacial score (nSPS) is 47.1. The van der Waals surface area contributed by atoms with Gasteiger partial charge >= 0.3 is 24.0 Å². The van der Waals surface area contributed by atoms with Crippen LogP contribution in [0.2, 0.25) is 0 Å². The van der Waals surface area contributed by atoms with Gasteiger partial charge in [-0.2, -0.15) is 0 Å². The predicted molar refractivity (Wildman–Crippen MR) is 325 cm³/mol. The molecular formula is C67H98N2O25. The Kier molecular flexibility index (Phi) is 21.9. The molecule has 526 valence electrons. The summed E-state index contributed by atoms with van der Waals surface area (Å²) in [6.07, 6.45) is -5.31. The first-order valence-electron chi connectivity index (χ1n) is 33.3. The number of nitrogens with zero attached hydrogens (tertiary/aromatic N) is 1. The summed E-state index contributed by atoms with van der Waals surface area (Å²) in [7, 11) is 1.17. The lowest BCUT2D eigenvalue weighted by Crippen LogP contribution is -2.68. The molecule has 0 radical (unpaired) electrons. The molecule has 8 N–H and O–H groups in total. The molecule has 27 nitrogen and oxygen atoms in total. The van der Waals surface area contributed by atoms with Gasteiger partial charge in [0.2, 0.25) is 5.78 Å². The van der Waals surface area contributed by atoms with Crippen LogP contribution in [-0.2, 0) is 80.8 Å². The number of methoxy groups -OCH3 is 1. The van der Waals surface area contributed by atoms with Crippen LogP contribution in [-0.4, -0.2) is 212 Å². The summed E-state index contributed by atoms with van der Waals surface area (Å²) in [4.78, 5) is 68.4. The fourth-order valence-corrected chi connectivity index (χ4v) is 17.0. The number of hydrogen-bond donors (Lipinski definition) is 8. The molecule has 7 fully saturated rings. The maximum absolute atomic E-state index is 15.6. The van der Waals surface area contributed by atoms with E-state index in [1.165, 1.54) is 27.0 Å². The molecule has 29 atom stereocenters. The lowest BCUT2D eigenvalue weighted by atomic mass is 9.49. The Labute approximate surface area is 547 Å². The molecule has 10 rings (SSSR count). The number of alkyl carbamates (subject to hydrolysis) is 1. The van der Waals surface area contributed by atoms with Crippen molar-refractivity contribution in [1.82, 2.24) is 10.5 Å². The number of Topliss-reactive ketones (excluding diaryl/α,β-unsaturated/α-hetero) is 1. The third kappa shape index (κ3) is 14.1. The highest BCUT2D eigenvalue weighted by molar-refractivity contribution is 6.26. The monoisotopic (exact) mass is 1330 g/mol. The number of ketones is 1. The molecule has 10 aliphatic rings. The number of hydroxylamine groups is 2. The number of rotatable bonds is 14. The van der Waals surface area contributed by atoms with Crippen LogP contribution in [0.15, 0.2) is 58.4 Å². The number of carbonyl (C=O) groups is 5. The van der Waals surface area contributed by atoms with E-state index in [-0.39, 0.29) is 48.3 Å². The van der Waals surface area contributed by atoms with Crippen molar-refractivity contribution in [2.45, 2.75) is 281 Å². The Balaban J connectivity index is 0.910. The van der Waals surface area contributed by atoms with Crippen LogP contribution < -0.4 is 5.32 Å². The number of aliphatic hydroxyl groups excluding tert-OH is 4. The summed E-state index contributed by atoms with van der Waals surface area (Å²) in [5, 5.41) is 81.0. The molecule has 1 spiro atoms. The van der Waals surface area contributed by atoms with Gasteiger partial charge in [0.05, 0.1) is 91.8 Å². The largest absolute Gasteiger partial charge is 0.511 e. The zero-order chi connectivity index (χ0) is 68.4. The van der Waals surface area contributed by atoms with Gasteiger partial charge in [-0.25, -0.2) is 14.4 Å². The Bertz CT molecular complexity index is 2960. The number of nitrogens with one attached hydrogen (secondary N) is 1. The molecule has 0 aromatic heterocycles. The minimum Gasteiger partial charge on any atom is -0.511 e. The molecule has 6 aliphatic heterocycles. The van der Waals surface area contributed by atoms with Crippen molar-refractivity contribution in [1.29, 1.82) is 0 Å². The SMILES string of the molecule is COC(=O)NC1C(C)OC(O[C@H]2C/C=C(\C)[C@@H]3C=C[C@@H]4[C@@H](OC5CC(OC6CCC(OC7CC(O)C(OC8CCC(O)C(C)O8)C(C)O7)C(C)O6)C(OC(C)=O)C(C)O5)[C@@H](C)C[C@H](C)[C@H]4[C@]3(C)C(O)=C3C(=O)O[C@]4(CC(C(=O)O)=C[C@H](O)[C@H]4/C=C\2C)C3=O)CC1(C)N(O)O. The van der Waals surface area contributed by atoms with Crippen molar-refractivity contribution in [3.8, 4) is 0 Å². The van der Waals surface area contributed by atoms with Crippen LogP contribution >= 0.6 is 0 Å². The molecule has 0 aromatic rings. The topological polar surface area (TPSA) is 362 Å². The minimum absolute atomic E-state index is 0.00811. The van der Waals surface area contributed by atoms with Gasteiger partial charge in [0.25, 0.3) is 0 Å². The molecule has 6 heterocycles. The zero-order valence-electron chi connectivity index (χ0n) is 55.9. The van der Waals surface area contributed by atoms with Crippen molar-refractivity contribution in [3.05, 3.63) is 58.4 Å². The van der Waals surface area contributed by atoms with Crippen LogP contribution in [0.3, 0.4) is 0 Å². The number of fused-ring (bicyclic) bond motifs is 4. The average molecular weight is 1330 g/mol. The van der Waals surface area contributed by atoms with E-state index >= 15 is 4.79 Å². The van der Waals surface area contributed by atoms with E-state index in [2.05, 4.69) is 12.2 Å². The fourth-order valence-electron chi connectivity index (χ4n) is 17.0. The Morgan fingerprint density at radius 2 is 1.31 bits per heavy atom. The van der Waals surface area contributed by atoms with Crippen molar-refractivity contribution in [3.63, 3.8) is 0 Å². The molecule has 18 unspecified atom stereocenters. The van der Waals surface area contributed by atoms with Crippen LogP contribution in [0.4, 0.5) is 4.79 Å². The molecule has 94 heavy (non-hydrogen) atoms. The Morgan fingerprint density at radius 3 is 1.96 bits per heavy atom. The minimum atomic E-state index is -2.35. The van der Waals surface area contributed by atoms with Crippen molar-refractivity contribution >= 4 is 29.8 Å². The first-order chi connectivity index (χ1) is 44.3. The van der Waals surface area contributed by atoms with Crippen LogP contribution in [0.25, 0.3) is 0 Å². The van der Waals surface area contributed by atoms with E-state index in [4.69, 9.17) is 61.6 Å². The maximum Gasteiger partial charge on any atom is 0.407 e. The third-order valence-electron chi connectivity index (χ3n) is 21.9. The van der Waals surface area contributed by atoms with Crippen molar-refractivity contribution < 1.29 is 121 Å². The van der Waals surface area contributed by atoms with Crippen LogP contribution in [0.1, 0.15) is 147 Å². The second-order valence-corrected chi connectivity index (χ2v) is 28.4. The van der Waals surface area contributed by atoms with Gasteiger partial charge < -0.3 is 92.4 Å². The van der Waals surface area contributed by atoms with E-state index < -0.39 is 211 Å². The van der Waals surface area contributed by atoms with Gasteiger partial charge in [-0.05, 0) is 110 Å². The Hall–Kier alpha value is -4.79. The zero-order valence-corrected chi connectivity index (χ0v) is 55.9. The molecule has 4 aliphatic carbocycles. The van der Waals surface area contributed by atoms with E-state index in [1.807, 2.05) is 39.0 Å². The smallest absolute Gasteiger partial charge is 0.407 e. The number of carboxylic acid groups (broad SMARTS) is 1. The quantitative estimate of drug-likeness (QED) is 0.0322. The van der Waals surface area contributed by atoms with Gasteiger partial charge in [0, 0.05) is 68.3 Å². The lowest BCUT2D eigenvalue weighted by Gasteiger charge is -2.56. The number of hydrogen-bond acceptors (Lipinski definition) is 25. The highest BCUT2D eigenvalue weighted by atomic mass is 16.8. The molecule has 2 bridgehead atoms. The number of esters is 2. The van der Waals surface area contributed by atoms with Gasteiger partial charge in [-0.3, -0.25) is 20.0 Å². The number of aliphatic hydroxyl groups is 4. The lowest BCUT2D eigenvalue weighted by molar-refractivity contribution is -0.390. The van der Waals surface area contributed by atoms with Gasteiger partial charge in [0.15, 0.2) is 43.2 Å². The van der Waals surface area contributed by atoms with Gasteiger partial charge in [0.1, 0.15) is 23.5 Å². The molecule has 1 amide bonds. The summed E-state index contributed by atoms with van der Waals surface area (Å²) in [6, 6.07) is -1.02. The molecule has 1 saturated carbocycles. The van der Waals surface area contributed by atoms with E-state index in [1.54, 1.807) is 41.5 Å². The second-order valence-electron chi connectivity index (χ2n) is 28.4. The average Bonchev–Trinajstić information content (AvgIpc) is 1.37. The molecule has 27 heteroatoms. The third-order valence-corrected chi connectivity index (χ3v) is 21.9. The summed E-state index contributed by atoms with van der Waals surface area (Å²) in [5.41, 5.74) is -5.40. The number of carboxylic acids is 1. The summed E-state index contributed by atoms with van der Waals surface area (Å²) in [5.74, 6) is -8.36. The number of amides is 1. The highest BCUT2D eigenvalue weighted by Crippen LogP contribution is 2.61. The van der Waals surface area contributed by atoms with Crippen molar-refractivity contribution in [2.75, 3.05) is 7.11 Å². The maximum atomic E-state index is 15.6. The summed E-state index contributed by atoms with van der Waals surface area (Å²) < 4.78 is 81.6. The van der Waals surface area contributed by atoms with Gasteiger partial charge in [-0.15, -0.1) is 0 Å². The predicted octanol–water partition coefficient (Wildman–Crippen LogP) is 6.05. The molecular weight excluding hydrogens is 1230 g/mol. The highest BCUT2D eigenvalue weighted by Gasteiger charge is 2.65.